The Hall–Kier alpha value is -7.37. The lowest BCUT2D eigenvalue weighted by atomic mass is 10.0. The molecule has 0 radical (unpaired) electrons. The summed E-state index contributed by atoms with van der Waals surface area (Å²) in [4.78, 5) is 5.07. The maximum Gasteiger partial charge on any atom is 0.145 e. The van der Waals surface area contributed by atoms with Crippen LogP contribution in [0.5, 0.6) is 0 Å². The molecule has 0 aliphatic carbocycles. The average molecular weight is 737 g/mol. The third-order valence-electron chi connectivity index (χ3n) is 11.2. The maximum absolute atomic E-state index is 7.16. The number of fused-ring (bicyclic) bond motifs is 6. The van der Waals surface area contributed by atoms with Crippen molar-refractivity contribution in [2.45, 2.75) is 20.4 Å². The summed E-state index contributed by atoms with van der Waals surface area (Å²) in [5.74, 6) is 0.897. The first-order valence-corrected chi connectivity index (χ1v) is 19.4. The van der Waals surface area contributed by atoms with Crippen molar-refractivity contribution in [3.8, 4) is 22.7 Å². The van der Waals surface area contributed by atoms with Crippen LogP contribution in [0.25, 0.3) is 72.1 Å². The summed E-state index contributed by atoms with van der Waals surface area (Å²) in [6.07, 6.45) is 2.01. The molecule has 0 spiro atoms. The second kappa shape index (κ2) is 14.0. The highest BCUT2D eigenvalue weighted by Gasteiger charge is 2.25. The third kappa shape index (κ3) is 5.75. The normalized spacial score (nSPS) is 12.4. The van der Waals surface area contributed by atoms with E-state index >= 15 is 0 Å². The standard InChI is InChI=1S/C52H40N4O/c1-34-39-30-31-48-50(52(39)57-51(34)49-35(2)55(38-22-10-5-11-23-38)46-28-16-13-25-41(46)49)42-26-14-17-29-47(42)56(48)45-27-15-12-24-40(45)43(53)32-44(37-20-8-4-9-21-37)54-33-36-18-6-3-7-19-36/h3-32H,33,53H2,1-2H3/b43-32-,54-44+. The first kappa shape index (κ1) is 34.1. The lowest BCUT2D eigenvalue weighted by Crippen LogP contribution is -2.07. The number of aromatic nitrogens is 2. The molecule has 0 unspecified atom stereocenters. The van der Waals surface area contributed by atoms with Gasteiger partial charge >= 0.3 is 0 Å². The number of hydrogen-bond donors (Lipinski definition) is 1. The number of aryl methyl sites for hydroxylation is 1. The molecule has 274 valence electrons. The van der Waals surface area contributed by atoms with Crippen LogP contribution >= 0.6 is 0 Å². The van der Waals surface area contributed by atoms with Crippen LogP contribution in [0.2, 0.25) is 0 Å². The van der Waals surface area contributed by atoms with Crippen molar-refractivity contribution in [1.82, 2.24) is 9.13 Å². The monoisotopic (exact) mass is 736 g/mol. The topological polar surface area (TPSA) is 61.4 Å². The molecule has 57 heavy (non-hydrogen) atoms. The van der Waals surface area contributed by atoms with Gasteiger partial charge in [-0.05, 0) is 73.5 Å². The summed E-state index contributed by atoms with van der Waals surface area (Å²) in [5, 5.41) is 4.46. The van der Waals surface area contributed by atoms with E-state index in [1.54, 1.807) is 0 Å². The van der Waals surface area contributed by atoms with E-state index in [0.717, 1.165) is 100 Å². The number of para-hydroxylation sites is 4. The molecule has 0 aliphatic rings. The predicted molar refractivity (Wildman–Crippen MR) is 238 cm³/mol. The van der Waals surface area contributed by atoms with Gasteiger partial charge in [0.2, 0.25) is 0 Å². The minimum atomic E-state index is 0.552. The van der Waals surface area contributed by atoms with Crippen LogP contribution < -0.4 is 5.73 Å². The highest BCUT2D eigenvalue weighted by atomic mass is 16.3. The lowest BCUT2D eigenvalue weighted by molar-refractivity contribution is 0.632. The molecule has 0 aliphatic heterocycles. The molecule has 0 saturated heterocycles. The molecule has 10 aromatic rings. The van der Waals surface area contributed by atoms with Gasteiger partial charge in [-0.1, -0.05) is 133 Å². The largest absolute Gasteiger partial charge is 0.455 e. The first-order valence-electron chi connectivity index (χ1n) is 19.4. The second-order valence-corrected chi connectivity index (χ2v) is 14.6. The van der Waals surface area contributed by atoms with E-state index in [0.29, 0.717) is 12.2 Å². The van der Waals surface area contributed by atoms with Crippen LogP contribution in [0, 0.1) is 13.8 Å². The lowest BCUT2D eigenvalue weighted by Gasteiger charge is -2.14. The Balaban J connectivity index is 1.16. The number of nitrogens with two attached hydrogens (primary N) is 1. The van der Waals surface area contributed by atoms with E-state index < -0.39 is 0 Å². The van der Waals surface area contributed by atoms with Gasteiger partial charge in [-0.2, -0.15) is 0 Å². The molecule has 0 bridgehead atoms. The van der Waals surface area contributed by atoms with E-state index in [2.05, 4.69) is 156 Å². The quantitative estimate of drug-likeness (QED) is 0.158. The van der Waals surface area contributed by atoms with Gasteiger partial charge in [0.25, 0.3) is 0 Å². The zero-order valence-electron chi connectivity index (χ0n) is 31.9. The van der Waals surface area contributed by atoms with E-state index in [9.17, 15) is 0 Å². The number of allylic oxidation sites excluding steroid dienone is 1. The number of aliphatic imine (C=N–C) groups is 1. The Morgan fingerprint density at radius 1 is 0.596 bits per heavy atom. The molecule has 0 fully saturated rings. The van der Waals surface area contributed by atoms with Crippen molar-refractivity contribution in [3.63, 3.8) is 0 Å². The number of benzene rings is 7. The summed E-state index contributed by atoms with van der Waals surface area (Å²) in [7, 11) is 0. The number of nitrogens with zero attached hydrogens (tertiary/aromatic N) is 3. The van der Waals surface area contributed by atoms with Crippen molar-refractivity contribution < 1.29 is 4.42 Å². The van der Waals surface area contributed by atoms with Crippen molar-refractivity contribution in [1.29, 1.82) is 0 Å². The first-order chi connectivity index (χ1) is 28.1. The van der Waals surface area contributed by atoms with Crippen molar-refractivity contribution >= 4 is 55.1 Å². The molecule has 5 nitrogen and oxygen atoms in total. The molecule has 2 N–H and O–H groups in total. The Morgan fingerprint density at radius 3 is 1.96 bits per heavy atom. The van der Waals surface area contributed by atoms with Crippen molar-refractivity contribution in [2.75, 3.05) is 0 Å². The summed E-state index contributed by atoms with van der Waals surface area (Å²) < 4.78 is 11.8. The van der Waals surface area contributed by atoms with Gasteiger partial charge < -0.3 is 19.3 Å². The molecule has 5 heteroatoms. The zero-order valence-corrected chi connectivity index (χ0v) is 31.9. The number of rotatable bonds is 8. The fraction of sp³-hybridized carbons (Fsp3) is 0.0577. The zero-order chi connectivity index (χ0) is 38.5. The van der Waals surface area contributed by atoms with Crippen LogP contribution in [-0.4, -0.2) is 14.8 Å². The smallest absolute Gasteiger partial charge is 0.145 e. The summed E-state index contributed by atoms with van der Waals surface area (Å²) >= 11 is 0. The van der Waals surface area contributed by atoms with Gasteiger partial charge in [0.15, 0.2) is 0 Å². The van der Waals surface area contributed by atoms with E-state index in [1.807, 2.05) is 48.5 Å². The molecular formula is C52H40N4O. The SMILES string of the molecule is Cc1c(-c2c(C)n(-c3ccccc3)c3ccccc23)oc2c1ccc1c2c2ccccc2n1-c1ccccc1/C(N)=C/C(=N\Cc1ccccc1)c1ccccc1. The third-order valence-corrected chi connectivity index (χ3v) is 11.2. The van der Waals surface area contributed by atoms with E-state index in [-0.39, 0.29) is 0 Å². The Kier molecular flexibility index (Phi) is 8.41. The van der Waals surface area contributed by atoms with Crippen LogP contribution in [0.15, 0.2) is 191 Å². The fourth-order valence-corrected chi connectivity index (χ4v) is 8.52. The molecule has 3 aromatic heterocycles. The number of hydrogen-bond acceptors (Lipinski definition) is 3. The molecule has 3 heterocycles. The molecular weight excluding hydrogens is 697 g/mol. The van der Waals surface area contributed by atoms with Crippen LogP contribution in [0.3, 0.4) is 0 Å². The Labute approximate surface area is 331 Å². The van der Waals surface area contributed by atoms with Crippen molar-refractivity contribution in [3.05, 3.63) is 210 Å². The highest BCUT2D eigenvalue weighted by Crippen LogP contribution is 2.45. The molecule has 0 atom stereocenters. The average Bonchev–Trinajstić information content (AvgIpc) is 3.88. The van der Waals surface area contributed by atoms with Crippen LogP contribution in [-0.2, 0) is 6.54 Å². The van der Waals surface area contributed by atoms with Gasteiger partial charge in [-0.3, -0.25) is 4.99 Å². The molecule has 0 amide bonds. The fourth-order valence-electron chi connectivity index (χ4n) is 8.52. The summed E-state index contributed by atoms with van der Waals surface area (Å²) in [6, 6.07) is 61.1. The number of furan rings is 1. The van der Waals surface area contributed by atoms with Gasteiger partial charge in [-0.25, -0.2) is 0 Å². The predicted octanol–water partition coefficient (Wildman–Crippen LogP) is 12.7. The Morgan fingerprint density at radius 2 is 1.21 bits per heavy atom. The van der Waals surface area contributed by atoms with Crippen LogP contribution in [0.1, 0.15) is 27.9 Å². The minimum absolute atomic E-state index is 0.552. The summed E-state index contributed by atoms with van der Waals surface area (Å²) in [5.41, 5.74) is 21.3. The Bertz CT molecular complexity index is 3160. The highest BCUT2D eigenvalue weighted by molar-refractivity contribution is 6.21. The minimum Gasteiger partial charge on any atom is -0.455 e. The van der Waals surface area contributed by atoms with Gasteiger partial charge in [-0.15, -0.1) is 0 Å². The van der Waals surface area contributed by atoms with E-state index in [4.69, 9.17) is 15.1 Å². The van der Waals surface area contributed by atoms with Gasteiger partial charge in [0.05, 0.1) is 39.9 Å². The van der Waals surface area contributed by atoms with Gasteiger partial charge in [0, 0.05) is 49.9 Å². The van der Waals surface area contributed by atoms with Crippen molar-refractivity contribution in [2.24, 2.45) is 10.7 Å². The van der Waals surface area contributed by atoms with Crippen LogP contribution in [0.4, 0.5) is 0 Å². The second-order valence-electron chi connectivity index (χ2n) is 14.6. The molecule has 0 saturated carbocycles. The molecule has 10 rings (SSSR count). The molecule has 7 aromatic carbocycles. The maximum atomic E-state index is 7.16. The van der Waals surface area contributed by atoms with Gasteiger partial charge in [0.1, 0.15) is 11.3 Å². The summed E-state index contributed by atoms with van der Waals surface area (Å²) in [6.45, 7) is 4.93. The van der Waals surface area contributed by atoms with E-state index in [1.165, 1.54) is 0 Å².